The Morgan fingerprint density at radius 2 is 0.610 bits per heavy atom. The average molecular weight is 592 g/mol. The largest absolute Gasteiger partial charge is 4.00 e. The minimum absolute atomic E-state index is 0. The number of aliphatic carboxylic acids is 4. The third kappa shape index (κ3) is 20.8. The van der Waals surface area contributed by atoms with Gasteiger partial charge in [0.1, 0.15) is 0 Å². The molecule has 4 aromatic heterocycles. The van der Waals surface area contributed by atoms with Gasteiger partial charge in [0.2, 0.25) is 0 Å². The molecule has 12 nitrogen and oxygen atoms in total. The number of nitrogens with zero attached hydrogens (tertiary/aromatic N) is 4. The van der Waals surface area contributed by atoms with E-state index >= 15 is 0 Å². The quantitative estimate of drug-likeness (QED) is 0.194. The number of hydrogen-bond donors (Lipinski definition) is 0. The molecule has 0 fully saturated rings. The van der Waals surface area contributed by atoms with Crippen molar-refractivity contribution in [3.63, 3.8) is 0 Å². The van der Waals surface area contributed by atoms with Crippen molar-refractivity contribution in [3.8, 4) is 0 Å². The molecule has 0 spiro atoms. The molecule has 4 rings (SSSR count). The van der Waals surface area contributed by atoms with Gasteiger partial charge in [-0.3, -0.25) is 19.9 Å². The van der Waals surface area contributed by atoms with E-state index in [9.17, 15) is 39.6 Å². The van der Waals surface area contributed by atoms with Crippen molar-refractivity contribution >= 4 is 23.9 Å². The van der Waals surface area contributed by atoms with Gasteiger partial charge in [-0.2, -0.15) is 0 Å². The maximum absolute atomic E-state index is 10.0. The molecule has 0 N–H and O–H groups in total. The molecular weight excluding hydrogens is 568 g/mol. The second kappa shape index (κ2) is 22.1. The third-order valence-electron chi connectivity index (χ3n) is 4.21. The first-order valence-corrected chi connectivity index (χ1v) is 11.5. The van der Waals surface area contributed by atoms with E-state index in [1.54, 1.807) is 97.6 Å². The molecule has 4 aromatic rings. The van der Waals surface area contributed by atoms with Crippen LogP contribution in [0.2, 0.25) is 0 Å². The summed E-state index contributed by atoms with van der Waals surface area (Å²) in [5, 5.41) is 40.1. The van der Waals surface area contributed by atoms with Crippen molar-refractivity contribution in [3.05, 3.63) is 120 Å². The Kier molecular flexibility index (Phi) is 19.5. The topological polar surface area (TPSA) is 212 Å². The first kappa shape index (κ1) is 36.2. The first-order valence-electron chi connectivity index (χ1n) is 11.5. The number of carboxylic acids is 4. The minimum Gasteiger partial charge on any atom is -0.550 e. The van der Waals surface area contributed by atoms with Crippen molar-refractivity contribution in [2.24, 2.45) is 0 Å². The van der Waals surface area contributed by atoms with Crippen molar-refractivity contribution in [1.29, 1.82) is 0 Å². The van der Waals surface area contributed by atoms with Crippen LogP contribution in [0.3, 0.4) is 0 Å². The number of carbonyl (C=O) groups is 4. The van der Waals surface area contributed by atoms with Crippen LogP contribution in [0.25, 0.3) is 0 Å². The summed E-state index contributed by atoms with van der Waals surface area (Å²) in [4.78, 5) is 55.3. The molecule has 13 heteroatoms. The van der Waals surface area contributed by atoms with Gasteiger partial charge in [-0.25, -0.2) is 0 Å². The Bertz CT molecular complexity index is 1090. The van der Waals surface area contributed by atoms with Crippen molar-refractivity contribution in [2.75, 3.05) is 0 Å². The first-order chi connectivity index (χ1) is 19.2. The Morgan fingerprint density at radius 3 is 0.732 bits per heavy atom. The fraction of sp³-hybridized carbons (Fsp3) is 0.143. The van der Waals surface area contributed by atoms with Gasteiger partial charge >= 0.3 is 21.7 Å². The van der Waals surface area contributed by atoms with E-state index in [0.717, 1.165) is 0 Å². The number of hydrogen-bond acceptors (Lipinski definition) is 12. The van der Waals surface area contributed by atoms with E-state index in [2.05, 4.69) is 19.9 Å². The molecule has 0 aliphatic rings. The van der Waals surface area contributed by atoms with Crippen LogP contribution in [-0.2, 0) is 66.6 Å². The fourth-order valence-corrected chi connectivity index (χ4v) is 2.60. The van der Waals surface area contributed by atoms with E-state index in [1.165, 1.54) is 0 Å². The van der Waals surface area contributed by atoms with E-state index in [4.69, 9.17) is 0 Å². The molecule has 41 heavy (non-hydrogen) atoms. The second-order valence-corrected chi connectivity index (χ2v) is 7.48. The number of aromatic nitrogens is 4. The summed E-state index contributed by atoms with van der Waals surface area (Å²) in [7, 11) is 0. The van der Waals surface area contributed by atoms with Crippen LogP contribution in [0.4, 0.5) is 0 Å². The summed E-state index contributed by atoms with van der Waals surface area (Å²) >= 11 is 0. The monoisotopic (exact) mass is 592 g/mol. The van der Waals surface area contributed by atoms with Gasteiger partial charge in [-0.15, -0.1) is 0 Å². The van der Waals surface area contributed by atoms with Crippen LogP contribution in [0.1, 0.15) is 22.8 Å². The maximum Gasteiger partial charge on any atom is 4.00 e. The summed E-state index contributed by atoms with van der Waals surface area (Å²) in [6.07, 6.45) is 5.77. The third-order valence-corrected chi connectivity index (χ3v) is 4.21. The Morgan fingerprint density at radius 1 is 0.415 bits per heavy atom. The average Bonchev–Trinajstić information content (AvgIpc) is 2.91. The Hall–Kier alpha value is -4.81. The van der Waals surface area contributed by atoms with Gasteiger partial charge in [0, 0.05) is 97.1 Å². The summed E-state index contributed by atoms with van der Waals surface area (Å²) in [6.45, 7) is 0. The van der Waals surface area contributed by atoms with E-state index in [0.29, 0.717) is 22.8 Å². The molecule has 0 radical (unpaired) electrons. The Labute approximate surface area is 250 Å². The molecule has 0 bridgehead atoms. The van der Waals surface area contributed by atoms with Gasteiger partial charge in [0.25, 0.3) is 0 Å². The summed E-state index contributed by atoms with van der Waals surface area (Å²) in [5.41, 5.74) is 2.12. The minimum atomic E-state index is -1.10. The zero-order valence-corrected chi connectivity index (χ0v) is 23.2. The summed E-state index contributed by atoms with van der Waals surface area (Å²) in [6, 6.07) is 20.5. The van der Waals surface area contributed by atoms with E-state index < -0.39 is 23.9 Å². The standard InChI is InChI=1S/4C7H7NO2.Ti/c4*9-7(10)5-6-3-1-2-4-8-6;/h4*1-4H,5H2,(H,9,10);/q;;;;+4/p-4. The molecule has 0 unspecified atom stereocenters. The molecule has 0 aromatic carbocycles. The molecule has 0 amide bonds. The van der Waals surface area contributed by atoms with Crippen molar-refractivity contribution in [1.82, 2.24) is 19.9 Å². The zero-order chi connectivity index (χ0) is 29.6. The number of carbonyl (C=O) groups excluding carboxylic acids is 4. The summed E-state index contributed by atoms with van der Waals surface area (Å²) in [5.74, 6) is -4.39. The molecule has 208 valence electrons. The zero-order valence-electron chi connectivity index (χ0n) is 21.6. The van der Waals surface area contributed by atoms with Crippen LogP contribution in [-0.4, -0.2) is 43.8 Å². The summed E-state index contributed by atoms with van der Waals surface area (Å²) < 4.78 is 0. The van der Waals surface area contributed by atoms with Crippen LogP contribution in [0.15, 0.2) is 97.6 Å². The van der Waals surface area contributed by atoms with E-state index in [-0.39, 0.29) is 47.4 Å². The SMILES string of the molecule is O=C([O-])Cc1ccccn1.O=C([O-])Cc1ccccn1.O=C([O-])Cc1ccccn1.O=C([O-])Cc1ccccn1.[Ti+4]. The normalized spacial score (nSPS) is 8.98. The molecular formula is C28H24N4O8Ti. The van der Waals surface area contributed by atoms with Gasteiger partial charge < -0.3 is 39.6 Å². The van der Waals surface area contributed by atoms with Gasteiger partial charge in [-0.05, 0) is 48.5 Å². The molecule has 0 aliphatic heterocycles. The number of pyridine rings is 4. The number of carboxylic acid groups (broad SMARTS) is 4. The fourth-order valence-electron chi connectivity index (χ4n) is 2.60. The van der Waals surface area contributed by atoms with Crippen LogP contribution in [0, 0.1) is 0 Å². The van der Waals surface area contributed by atoms with Crippen molar-refractivity contribution in [2.45, 2.75) is 25.7 Å². The molecule has 0 atom stereocenters. The van der Waals surface area contributed by atoms with Crippen LogP contribution < -0.4 is 20.4 Å². The predicted molar refractivity (Wildman–Crippen MR) is 132 cm³/mol. The van der Waals surface area contributed by atoms with Crippen LogP contribution >= 0.6 is 0 Å². The molecule has 0 saturated carbocycles. The Balaban J connectivity index is 0.000000516. The second-order valence-electron chi connectivity index (χ2n) is 7.48. The molecule has 0 saturated heterocycles. The van der Waals surface area contributed by atoms with E-state index in [1.807, 2.05) is 0 Å². The molecule has 0 aliphatic carbocycles. The molecule has 4 heterocycles. The smallest absolute Gasteiger partial charge is 0.550 e. The number of rotatable bonds is 8. The van der Waals surface area contributed by atoms with Crippen molar-refractivity contribution < 1.29 is 61.3 Å². The van der Waals surface area contributed by atoms with Gasteiger partial charge in [0.15, 0.2) is 0 Å². The maximum atomic E-state index is 10.0. The van der Waals surface area contributed by atoms with Crippen LogP contribution in [0.5, 0.6) is 0 Å². The van der Waals surface area contributed by atoms with Gasteiger partial charge in [0.05, 0.1) is 0 Å². The predicted octanol–water partition coefficient (Wildman–Crippen LogP) is -2.51. The van der Waals surface area contributed by atoms with Gasteiger partial charge in [-0.1, -0.05) is 24.3 Å².